The van der Waals surface area contributed by atoms with Crippen molar-refractivity contribution in [3.8, 4) is 0 Å². The summed E-state index contributed by atoms with van der Waals surface area (Å²) in [5.41, 5.74) is 2.97. The Kier molecular flexibility index (Phi) is 5.58. The third kappa shape index (κ3) is 4.29. The van der Waals surface area contributed by atoms with Crippen molar-refractivity contribution in [2.45, 2.75) is 11.8 Å². The Bertz CT molecular complexity index is 1050. The van der Waals surface area contributed by atoms with Crippen molar-refractivity contribution in [2.24, 2.45) is 0 Å². The van der Waals surface area contributed by atoms with Gasteiger partial charge in [0.05, 0.1) is 15.9 Å². The molecule has 154 valence electrons. The number of anilines is 1. The summed E-state index contributed by atoms with van der Waals surface area (Å²) in [6.07, 6.45) is 0. The highest BCUT2D eigenvalue weighted by Crippen LogP contribution is 2.19. The molecular formula is C21H27N5O2S. The van der Waals surface area contributed by atoms with E-state index >= 15 is 0 Å². The highest BCUT2D eigenvalue weighted by molar-refractivity contribution is 7.89. The smallest absolute Gasteiger partial charge is 0.242 e. The van der Waals surface area contributed by atoms with Gasteiger partial charge in [-0.3, -0.25) is 4.90 Å². The van der Waals surface area contributed by atoms with E-state index in [1.165, 1.54) is 4.31 Å². The number of fused-ring (bicyclic) bond motifs is 1. The van der Waals surface area contributed by atoms with E-state index in [4.69, 9.17) is 0 Å². The largest absolute Gasteiger partial charge is 0.340 e. The molecule has 1 aliphatic heterocycles. The predicted octanol–water partition coefficient (Wildman–Crippen LogP) is 2.31. The predicted molar refractivity (Wildman–Crippen MR) is 116 cm³/mol. The molecule has 1 aromatic heterocycles. The Hall–Kier alpha value is -2.42. The first-order chi connectivity index (χ1) is 13.9. The van der Waals surface area contributed by atoms with Gasteiger partial charge in [0.25, 0.3) is 0 Å². The topological polar surface area (TPSA) is 72.5 Å². The first-order valence-electron chi connectivity index (χ1n) is 9.88. The van der Waals surface area contributed by atoms with Crippen molar-refractivity contribution in [2.75, 3.05) is 51.2 Å². The lowest BCUT2D eigenvalue weighted by Crippen LogP contribution is -2.49. The number of piperazine rings is 1. The van der Waals surface area contributed by atoms with Gasteiger partial charge in [-0.05, 0) is 36.8 Å². The van der Waals surface area contributed by atoms with Crippen LogP contribution in [0.3, 0.4) is 0 Å². The van der Waals surface area contributed by atoms with Crippen LogP contribution in [0.2, 0.25) is 0 Å². The second kappa shape index (κ2) is 8.14. The van der Waals surface area contributed by atoms with Crippen molar-refractivity contribution >= 4 is 27.0 Å². The normalized spacial score (nSPS) is 16.0. The van der Waals surface area contributed by atoms with E-state index < -0.39 is 10.0 Å². The summed E-state index contributed by atoms with van der Waals surface area (Å²) >= 11 is 0. The number of nitrogens with one attached hydrogen (secondary N) is 1. The van der Waals surface area contributed by atoms with Crippen LogP contribution in [-0.4, -0.2) is 73.9 Å². The average molecular weight is 414 g/mol. The lowest BCUT2D eigenvalue weighted by molar-refractivity contribution is 0.243. The molecule has 0 unspecified atom stereocenters. The zero-order valence-corrected chi connectivity index (χ0v) is 17.7. The lowest BCUT2D eigenvalue weighted by atomic mass is 10.2. The van der Waals surface area contributed by atoms with Gasteiger partial charge in [0.15, 0.2) is 0 Å². The number of aromatic amines is 1. The number of imidazole rings is 1. The number of aromatic nitrogens is 2. The van der Waals surface area contributed by atoms with Gasteiger partial charge in [0, 0.05) is 46.3 Å². The molecule has 1 saturated heterocycles. The van der Waals surface area contributed by atoms with Crippen molar-refractivity contribution in [3.05, 3.63) is 54.1 Å². The Morgan fingerprint density at radius 1 is 1.07 bits per heavy atom. The number of para-hydroxylation sites is 2. The van der Waals surface area contributed by atoms with Crippen molar-refractivity contribution < 1.29 is 8.42 Å². The second-order valence-corrected chi connectivity index (χ2v) is 9.59. The van der Waals surface area contributed by atoms with Gasteiger partial charge < -0.3 is 9.88 Å². The van der Waals surface area contributed by atoms with E-state index in [0.29, 0.717) is 11.4 Å². The fourth-order valence-corrected chi connectivity index (χ4v) is 4.90. The number of hydrogen-bond acceptors (Lipinski definition) is 5. The van der Waals surface area contributed by atoms with E-state index in [1.807, 2.05) is 37.3 Å². The van der Waals surface area contributed by atoms with E-state index in [0.717, 1.165) is 55.3 Å². The number of benzene rings is 2. The van der Waals surface area contributed by atoms with Gasteiger partial charge in [0.1, 0.15) is 0 Å². The Morgan fingerprint density at radius 3 is 2.55 bits per heavy atom. The van der Waals surface area contributed by atoms with Gasteiger partial charge in [-0.1, -0.05) is 24.3 Å². The molecule has 0 bridgehead atoms. The Labute approximate surface area is 172 Å². The molecular weight excluding hydrogens is 386 g/mol. The van der Waals surface area contributed by atoms with Crippen LogP contribution in [0.25, 0.3) is 11.0 Å². The maximum absolute atomic E-state index is 12.8. The number of H-pyrrole nitrogens is 1. The summed E-state index contributed by atoms with van der Waals surface area (Å²) in [7, 11) is -1.79. The standard InChI is InChI=1S/C21H27N5O2S/c1-17-6-5-7-18(16-17)29(27,28)24(2)10-11-25-12-14-26(15-13-25)21-22-19-8-3-4-9-20(19)23-21/h3-9,16H,10-15H2,1-2H3,(H,22,23). The lowest BCUT2D eigenvalue weighted by Gasteiger charge is -2.35. The maximum Gasteiger partial charge on any atom is 0.242 e. The molecule has 0 radical (unpaired) electrons. The third-order valence-corrected chi connectivity index (χ3v) is 7.33. The minimum Gasteiger partial charge on any atom is -0.340 e. The van der Waals surface area contributed by atoms with Gasteiger partial charge in [-0.2, -0.15) is 4.31 Å². The SMILES string of the molecule is Cc1cccc(S(=O)(=O)N(C)CCN2CCN(c3nc4ccccc4[nH]3)CC2)c1. The van der Waals surface area contributed by atoms with Gasteiger partial charge in [-0.25, -0.2) is 13.4 Å². The molecule has 1 fully saturated rings. The van der Waals surface area contributed by atoms with Crippen molar-refractivity contribution in [3.63, 3.8) is 0 Å². The first-order valence-corrected chi connectivity index (χ1v) is 11.3. The molecule has 8 heteroatoms. The van der Waals surface area contributed by atoms with Gasteiger partial charge >= 0.3 is 0 Å². The van der Waals surface area contributed by atoms with E-state index in [9.17, 15) is 8.42 Å². The molecule has 4 rings (SSSR count). The quantitative estimate of drug-likeness (QED) is 0.671. The van der Waals surface area contributed by atoms with E-state index in [1.54, 1.807) is 25.2 Å². The zero-order valence-electron chi connectivity index (χ0n) is 16.9. The molecule has 29 heavy (non-hydrogen) atoms. The molecule has 0 atom stereocenters. The van der Waals surface area contributed by atoms with Gasteiger partial charge in [0.2, 0.25) is 16.0 Å². The molecule has 0 saturated carbocycles. The molecule has 3 aromatic rings. The number of sulfonamides is 1. The monoisotopic (exact) mass is 413 g/mol. The van der Waals surface area contributed by atoms with Crippen LogP contribution in [0.5, 0.6) is 0 Å². The number of nitrogens with zero attached hydrogens (tertiary/aromatic N) is 4. The molecule has 0 aliphatic carbocycles. The first kappa shape index (κ1) is 19.9. The van der Waals surface area contributed by atoms with E-state index in [-0.39, 0.29) is 0 Å². The Morgan fingerprint density at radius 2 is 1.83 bits per heavy atom. The highest BCUT2D eigenvalue weighted by atomic mass is 32.2. The Balaban J connectivity index is 1.31. The zero-order chi connectivity index (χ0) is 20.4. The van der Waals surface area contributed by atoms with Crippen molar-refractivity contribution in [1.29, 1.82) is 0 Å². The van der Waals surface area contributed by atoms with Crippen LogP contribution in [-0.2, 0) is 10.0 Å². The fraction of sp³-hybridized carbons (Fsp3) is 0.381. The highest BCUT2D eigenvalue weighted by Gasteiger charge is 2.23. The summed E-state index contributed by atoms with van der Waals surface area (Å²) in [5, 5.41) is 0. The molecule has 2 aromatic carbocycles. The minimum atomic E-state index is -3.45. The summed E-state index contributed by atoms with van der Waals surface area (Å²) in [5.74, 6) is 0.907. The van der Waals surface area contributed by atoms with E-state index in [2.05, 4.69) is 19.8 Å². The van der Waals surface area contributed by atoms with Gasteiger partial charge in [-0.15, -0.1) is 0 Å². The third-order valence-electron chi connectivity index (χ3n) is 5.48. The minimum absolute atomic E-state index is 0.356. The maximum atomic E-state index is 12.8. The molecule has 0 spiro atoms. The molecule has 0 amide bonds. The summed E-state index contributed by atoms with van der Waals surface area (Å²) in [4.78, 5) is 13.0. The van der Waals surface area contributed by atoms with Crippen LogP contribution in [0.1, 0.15) is 5.56 Å². The number of aryl methyl sites for hydroxylation is 1. The van der Waals surface area contributed by atoms with Crippen LogP contribution in [0.15, 0.2) is 53.4 Å². The molecule has 1 N–H and O–H groups in total. The average Bonchev–Trinajstić information content (AvgIpc) is 3.16. The van der Waals surface area contributed by atoms with Crippen LogP contribution in [0.4, 0.5) is 5.95 Å². The second-order valence-electron chi connectivity index (χ2n) is 7.55. The molecule has 2 heterocycles. The summed E-state index contributed by atoms with van der Waals surface area (Å²) < 4.78 is 27.0. The van der Waals surface area contributed by atoms with Crippen LogP contribution in [0, 0.1) is 6.92 Å². The fourth-order valence-electron chi connectivity index (χ4n) is 3.63. The summed E-state index contributed by atoms with van der Waals surface area (Å²) in [6.45, 7) is 6.60. The number of rotatable bonds is 6. The molecule has 1 aliphatic rings. The van der Waals surface area contributed by atoms with Crippen molar-refractivity contribution in [1.82, 2.24) is 19.2 Å². The summed E-state index contributed by atoms with van der Waals surface area (Å²) in [6, 6.07) is 15.1. The number of hydrogen-bond donors (Lipinski definition) is 1. The number of likely N-dealkylation sites (N-methyl/N-ethyl adjacent to an activating group) is 1. The van der Waals surface area contributed by atoms with Crippen LogP contribution < -0.4 is 4.90 Å². The van der Waals surface area contributed by atoms with Crippen LogP contribution >= 0.6 is 0 Å². The molecule has 7 nitrogen and oxygen atoms in total.